The van der Waals surface area contributed by atoms with Gasteiger partial charge in [-0.1, -0.05) is 24.6 Å². The lowest BCUT2D eigenvalue weighted by Gasteiger charge is -2.43. The number of nitrogens with zero attached hydrogens (tertiary/aromatic N) is 2. The number of benzene rings is 1. The number of aryl methyl sites for hydroxylation is 1. The van der Waals surface area contributed by atoms with E-state index in [0.29, 0.717) is 12.3 Å². The Morgan fingerprint density at radius 1 is 1.21 bits per heavy atom. The smallest absolute Gasteiger partial charge is 0.222 e. The van der Waals surface area contributed by atoms with Crippen LogP contribution in [0.15, 0.2) is 30.5 Å². The van der Waals surface area contributed by atoms with E-state index in [-0.39, 0.29) is 17.9 Å². The first-order chi connectivity index (χ1) is 14.2. The number of likely N-dealkylation sites (tertiary alicyclic amines) is 2. The van der Waals surface area contributed by atoms with E-state index in [9.17, 15) is 9.90 Å². The molecule has 5 heteroatoms. The number of H-pyrrole nitrogens is 1. The average Bonchev–Trinajstić information content (AvgIpc) is 3.27. The van der Waals surface area contributed by atoms with E-state index in [4.69, 9.17) is 0 Å². The Bertz CT molecular complexity index is 864. The van der Waals surface area contributed by atoms with Gasteiger partial charge in [0.15, 0.2) is 0 Å². The van der Waals surface area contributed by atoms with Crippen molar-refractivity contribution < 1.29 is 9.90 Å². The molecule has 1 spiro atoms. The van der Waals surface area contributed by atoms with Crippen LogP contribution in [0.25, 0.3) is 10.9 Å². The number of nitrogens with one attached hydrogen (secondary N) is 1. The van der Waals surface area contributed by atoms with Crippen LogP contribution in [0.2, 0.25) is 0 Å². The number of aliphatic hydroxyl groups excluding tert-OH is 1. The van der Waals surface area contributed by atoms with Gasteiger partial charge in [-0.15, -0.1) is 0 Å². The third-order valence-corrected chi connectivity index (χ3v) is 8.05. The summed E-state index contributed by atoms with van der Waals surface area (Å²) in [5.41, 5.74) is 2.59. The monoisotopic (exact) mass is 395 g/mol. The Kier molecular flexibility index (Phi) is 5.12. The SMILES string of the molecule is O=C(CCc1c[nH]c2ccccc12)N1CCC2(CC1)CN(C1CCC1)CC2CO. The molecule has 1 unspecified atom stereocenters. The summed E-state index contributed by atoms with van der Waals surface area (Å²) in [7, 11) is 0. The van der Waals surface area contributed by atoms with Crippen LogP contribution >= 0.6 is 0 Å². The van der Waals surface area contributed by atoms with Crippen molar-refractivity contribution in [2.24, 2.45) is 11.3 Å². The number of piperidine rings is 1. The number of carbonyl (C=O) groups excluding carboxylic acids is 1. The molecule has 156 valence electrons. The molecule has 1 saturated carbocycles. The standard InChI is InChI=1S/C24H33N3O2/c28-16-19-15-27(20-4-3-5-20)17-24(19)10-12-26(13-11-24)23(29)9-8-18-14-25-22-7-2-1-6-21(18)22/h1-2,6-7,14,19-20,25,28H,3-5,8-13,15-17H2. The zero-order chi connectivity index (χ0) is 19.8. The number of amides is 1. The van der Waals surface area contributed by atoms with E-state index in [1.807, 2.05) is 12.3 Å². The average molecular weight is 396 g/mol. The molecule has 29 heavy (non-hydrogen) atoms. The summed E-state index contributed by atoms with van der Waals surface area (Å²) in [5, 5.41) is 11.2. The lowest BCUT2D eigenvalue weighted by molar-refractivity contribution is -0.134. The van der Waals surface area contributed by atoms with E-state index >= 15 is 0 Å². The number of fused-ring (bicyclic) bond motifs is 1. The molecule has 2 N–H and O–H groups in total. The zero-order valence-electron chi connectivity index (χ0n) is 17.3. The fraction of sp³-hybridized carbons (Fsp3) is 0.625. The molecule has 1 amide bonds. The summed E-state index contributed by atoms with van der Waals surface area (Å²) >= 11 is 0. The molecule has 0 bridgehead atoms. The zero-order valence-corrected chi connectivity index (χ0v) is 17.3. The lowest BCUT2D eigenvalue weighted by Crippen LogP contribution is -2.47. The van der Waals surface area contributed by atoms with Gasteiger partial charge in [0, 0.05) is 68.3 Å². The van der Waals surface area contributed by atoms with E-state index in [1.54, 1.807) is 0 Å². The Labute approximate surface area is 173 Å². The van der Waals surface area contributed by atoms with Crippen LogP contribution in [0.5, 0.6) is 0 Å². The van der Waals surface area contributed by atoms with Gasteiger partial charge in [0.2, 0.25) is 5.91 Å². The van der Waals surface area contributed by atoms with Crippen LogP contribution in [-0.2, 0) is 11.2 Å². The van der Waals surface area contributed by atoms with Gasteiger partial charge in [-0.2, -0.15) is 0 Å². The molecule has 0 radical (unpaired) electrons. The highest BCUT2D eigenvalue weighted by Gasteiger charge is 2.49. The van der Waals surface area contributed by atoms with Gasteiger partial charge in [-0.05, 0) is 49.1 Å². The minimum Gasteiger partial charge on any atom is -0.396 e. The topological polar surface area (TPSA) is 59.6 Å². The molecular weight excluding hydrogens is 362 g/mol. The minimum atomic E-state index is 0.220. The molecule has 5 rings (SSSR count). The van der Waals surface area contributed by atoms with E-state index in [1.165, 1.54) is 30.2 Å². The van der Waals surface area contributed by atoms with Crippen molar-refractivity contribution in [1.82, 2.24) is 14.8 Å². The molecule has 5 nitrogen and oxygen atoms in total. The maximum atomic E-state index is 12.9. The second-order valence-corrected chi connectivity index (χ2v) is 9.50. The van der Waals surface area contributed by atoms with Gasteiger partial charge < -0.3 is 15.0 Å². The summed E-state index contributed by atoms with van der Waals surface area (Å²) < 4.78 is 0. The van der Waals surface area contributed by atoms with E-state index in [2.05, 4.69) is 33.0 Å². The van der Waals surface area contributed by atoms with E-state index < -0.39 is 0 Å². The first-order valence-electron chi connectivity index (χ1n) is 11.4. The van der Waals surface area contributed by atoms with Crippen LogP contribution in [0, 0.1) is 11.3 Å². The molecule has 2 aliphatic heterocycles. The number of hydrogen-bond donors (Lipinski definition) is 2. The van der Waals surface area contributed by atoms with Crippen LogP contribution in [0.3, 0.4) is 0 Å². The molecule has 3 heterocycles. The van der Waals surface area contributed by atoms with Gasteiger partial charge in [-0.25, -0.2) is 0 Å². The highest BCUT2D eigenvalue weighted by Crippen LogP contribution is 2.46. The first kappa shape index (κ1) is 19.1. The van der Waals surface area contributed by atoms with Crippen molar-refractivity contribution in [3.63, 3.8) is 0 Å². The van der Waals surface area contributed by atoms with Gasteiger partial charge in [0.25, 0.3) is 0 Å². The number of para-hydroxylation sites is 1. The molecule has 1 aromatic carbocycles. The molecule has 3 aliphatic rings. The van der Waals surface area contributed by atoms with Gasteiger partial charge >= 0.3 is 0 Å². The summed E-state index contributed by atoms with van der Waals surface area (Å²) in [5.74, 6) is 0.658. The second kappa shape index (κ2) is 7.77. The van der Waals surface area contributed by atoms with E-state index in [0.717, 1.165) is 57.0 Å². The number of aromatic nitrogens is 1. The highest BCUT2D eigenvalue weighted by molar-refractivity contribution is 5.84. The molecule has 2 aromatic rings. The molecule has 1 aromatic heterocycles. The number of carbonyl (C=O) groups is 1. The van der Waals surface area contributed by atoms with Crippen LogP contribution in [-0.4, -0.2) is 64.6 Å². The molecule has 2 saturated heterocycles. The Balaban J connectivity index is 1.17. The number of rotatable bonds is 5. The largest absolute Gasteiger partial charge is 0.396 e. The van der Waals surface area contributed by atoms with Crippen molar-refractivity contribution in [1.29, 1.82) is 0 Å². The predicted molar refractivity (Wildman–Crippen MR) is 115 cm³/mol. The number of aliphatic hydroxyl groups is 1. The van der Waals surface area contributed by atoms with Crippen LogP contribution in [0.4, 0.5) is 0 Å². The van der Waals surface area contributed by atoms with Crippen molar-refractivity contribution in [2.45, 2.75) is 51.0 Å². The number of aromatic amines is 1. The predicted octanol–water partition coefficient (Wildman–Crippen LogP) is 3.19. The normalized spacial score (nSPS) is 25.0. The van der Waals surface area contributed by atoms with Crippen molar-refractivity contribution in [3.05, 3.63) is 36.0 Å². The molecular formula is C24H33N3O2. The van der Waals surface area contributed by atoms with Crippen molar-refractivity contribution >= 4 is 16.8 Å². The second-order valence-electron chi connectivity index (χ2n) is 9.50. The maximum absolute atomic E-state index is 12.9. The first-order valence-corrected chi connectivity index (χ1v) is 11.4. The summed E-state index contributed by atoms with van der Waals surface area (Å²) in [4.78, 5) is 20.9. The van der Waals surface area contributed by atoms with Crippen molar-refractivity contribution in [3.8, 4) is 0 Å². The van der Waals surface area contributed by atoms with Gasteiger partial charge in [-0.3, -0.25) is 9.69 Å². The van der Waals surface area contributed by atoms with Crippen LogP contribution in [0.1, 0.15) is 44.1 Å². The Morgan fingerprint density at radius 3 is 2.72 bits per heavy atom. The highest BCUT2D eigenvalue weighted by atomic mass is 16.3. The lowest BCUT2D eigenvalue weighted by atomic mass is 9.71. The fourth-order valence-electron chi connectivity index (χ4n) is 5.86. The summed E-state index contributed by atoms with van der Waals surface area (Å²) in [6.45, 7) is 4.16. The van der Waals surface area contributed by atoms with Gasteiger partial charge in [0.05, 0.1) is 0 Å². The Hall–Kier alpha value is -1.85. The third-order valence-electron chi connectivity index (χ3n) is 8.05. The number of hydrogen-bond acceptors (Lipinski definition) is 3. The maximum Gasteiger partial charge on any atom is 0.222 e. The third kappa shape index (κ3) is 3.49. The minimum absolute atomic E-state index is 0.220. The molecule has 3 fully saturated rings. The van der Waals surface area contributed by atoms with Crippen molar-refractivity contribution in [2.75, 3.05) is 32.8 Å². The van der Waals surface area contributed by atoms with Gasteiger partial charge in [0.1, 0.15) is 0 Å². The summed E-state index contributed by atoms with van der Waals surface area (Å²) in [6.07, 6.45) is 9.50. The molecule has 1 atom stereocenters. The Morgan fingerprint density at radius 2 is 2.00 bits per heavy atom. The fourth-order valence-corrected chi connectivity index (χ4v) is 5.86. The summed E-state index contributed by atoms with van der Waals surface area (Å²) in [6, 6.07) is 9.04. The quantitative estimate of drug-likeness (QED) is 0.817. The van der Waals surface area contributed by atoms with Crippen LogP contribution < -0.4 is 0 Å². The molecule has 1 aliphatic carbocycles.